The topological polar surface area (TPSA) is 41.5 Å². The number of benzene rings is 2. The zero-order valence-electron chi connectivity index (χ0n) is 11.8. The summed E-state index contributed by atoms with van der Waals surface area (Å²) in [6.07, 6.45) is 3.39. The molecule has 3 nitrogen and oxygen atoms in total. The Morgan fingerprint density at radius 3 is 2.48 bits per heavy atom. The molecule has 3 heteroatoms. The molecule has 1 N–H and O–H groups in total. The molecular formula is C18H18N2O. The van der Waals surface area contributed by atoms with Crippen molar-refractivity contribution in [3.63, 3.8) is 0 Å². The van der Waals surface area contributed by atoms with Crippen molar-refractivity contribution >= 4 is 12.1 Å². The van der Waals surface area contributed by atoms with Gasteiger partial charge in [0.05, 0.1) is 0 Å². The molecule has 0 aliphatic heterocycles. The minimum Gasteiger partial charge on any atom is -0.273 e. The van der Waals surface area contributed by atoms with Crippen molar-refractivity contribution in [2.45, 2.75) is 18.8 Å². The predicted molar refractivity (Wildman–Crippen MR) is 84.1 cm³/mol. The van der Waals surface area contributed by atoms with Crippen molar-refractivity contribution in [3.05, 3.63) is 71.8 Å². The van der Waals surface area contributed by atoms with Crippen molar-refractivity contribution in [1.82, 2.24) is 5.43 Å². The maximum absolute atomic E-state index is 12.0. The van der Waals surface area contributed by atoms with Gasteiger partial charge in [-0.25, -0.2) is 5.43 Å². The number of amides is 1. The smallest absolute Gasteiger partial charge is 0.243 e. The lowest BCUT2D eigenvalue weighted by Crippen LogP contribution is -2.20. The highest BCUT2D eigenvalue weighted by Gasteiger charge is 2.43. The summed E-state index contributed by atoms with van der Waals surface area (Å²) in [7, 11) is 0. The third kappa shape index (κ3) is 3.57. The number of carbonyl (C=O) groups excluding carboxylic acids is 1. The predicted octanol–water partition coefficient (Wildman–Crippen LogP) is 3.13. The Labute approximate surface area is 124 Å². The average molecular weight is 278 g/mol. The van der Waals surface area contributed by atoms with Gasteiger partial charge in [0.2, 0.25) is 5.91 Å². The summed E-state index contributed by atoms with van der Waals surface area (Å²) in [5.74, 6) is 0.449. The summed E-state index contributed by atoms with van der Waals surface area (Å²) in [5.41, 5.74) is 5.07. The Balaban J connectivity index is 1.46. The average Bonchev–Trinajstić information content (AvgIpc) is 3.34. The van der Waals surface area contributed by atoms with Gasteiger partial charge in [-0.3, -0.25) is 4.79 Å². The first-order valence-electron chi connectivity index (χ1n) is 7.25. The Hall–Kier alpha value is -2.42. The van der Waals surface area contributed by atoms with Crippen LogP contribution in [0.4, 0.5) is 0 Å². The van der Waals surface area contributed by atoms with Crippen LogP contribution in [-0.2, 0) is 11.2 Å². The zero-order chi connectivity index (χ0) is 14.5. The molecule has 1 amide bonds. The summed E-state index contributed by atoms with van der Waals surface area (Å²) in [5, 5.41) is 4.03. The highest BCUT2D eigenvalue weighted by molar-refractivity contribution is 5.83. The molecule has 2 unspecified atom stereocenters. The van der Waals surface area contributed by atoms with Crippen molar-refractivity contribution in [2.24, 2.45) is 11.0 Å². The van der Waals surface area contributed by atoms with E-state index in [-0.39, 0.29) is 11.8 Å². The second kappa shape index (κ2) is 6.35. The van der Waals surface area contributed by atoms with Crippen LogP contribution in [0.1, 0.15) is 23.5 Å². The van der Waals surface area contributed by atoms with Crippen LogP contribution < -0.4 is 5.43 Å². The number of hydrogen-bond donors (Lipinski definition) is 1. The first-order chi connectivity index (χ1) is 10.3. The molecule has 1 saturated carbocycles. The van der Waals surface area contributed by atoms with E-state index in [2.05, 4.69) is 22.7 Å². The lowest BCUT2D eigenvalue weighted by molar-refractivity contribution is -0.122. The molecule has 2 aromatic carbocycles. The van der Waals surface area contributed by atoms with E-state index in [4.69, 9.17) is 0 Å². The minimum atomic E-state index is 0.0214. The van der Waals surface area contributed by atoms with Gasteiger partial charge in [-0.2, -0.15) is 5.10 Å². The summed E-state index contributed by atoms with van der Waals surface area (Å²) < 4.78 is 0. The van der Waals surface area contributed by atoms with Gasteiger partial charge in [-0.1, -0.05) is 60.7 Å². The van der Waals surface area contributed by atoms with Crippen LogP contribution in [-0.4, -0.2) is 12.1 Å². The molecule has 0 radical (unpaired) electrons. The number of rotatable bonds is 5. The van der Waals surface area contributed by atoms with E-state index in [1.807, 2.05) is 48.5 Å². The molecule has 0 heterocycles. The molecule has 0 bridgehead atoms. The molecular weight excluding hydrogens is 260 g/mol. The van der Waals surface area contributed by atoms with Crippen molar-refractivity contribution in [2.75, 3.05) is 0 Å². The first kappa shape index (κ1) is 13.6. The summed E-state index contributed by atoms with van der Waals surface area (Å²) >= 11 is 0. The van der Waals surface area contributed by atoms with E-state index >= 15 is 0 Å². The Bertz CT molecular complexity index is 622. The second-order valence-electron chi connectivity index (χ2n) is 5.34. The fourth-order valence-corrected chi connectivity index (χ4v) is 2.51. The molecule has 2 aromatic rings. The maximum atomic E-state index is 12.0. The van der Waals surface area contributed by atoms with Gasteiger partial charge < -0.3 is 0 Å². The molecule has 3 rings (SSSR count). The van der Waals surface area contributed by atoms with Gasteiger partial charge in [0.25, 0.3) is 0 Å². The highest BCUT2D eigenvalue weighted by Crippen LogP contribution is 2.47. The van der Waals surface area contributed by atoms with Crippen LogP contribution in [0.3, 0.4) is 0 Å². The molecule has 1 aliphatic rings. The number of nitrogens with one attached hydrogen (secondary N) is 1. The lowest BCUT2D eigenvalue weighted by Gasteiger charge is -2.00. The van der Waals surface area contributed by atoms with E-state index in [1.54, 1.807) is 6.21 Å². The maximum Gasteiger partial charge on any atom is 0.243 e. The summed E-state index contributed by atoms with van der Waals surface area (Å²) in [6.45, 7) is 0. The van der Waals surface area contributed by atoms with Crippen LogP contribution in [0.2, 0.25) is 0 Å². The number of hydrogen-bond acceptors (Lipinski definition) is 2. The minimum absolute atomic E-state index is 0.0214. The van der Waals surface area contributed by atoms with Gasteiger partial charge in [0.15, 0.2) is 0 Å². The lowest BCUT2D eigenvalue weighted by atomic mass is 10.1. The SMILES string of the molecule is O=C(NN=CCc1ccccc1)C1CC1c1ccccc1. The first-order valence-corrected chi connectivity index (χ1v) is 7.25. The van der Waals surface area contributed by atoms with Crippen LogP contribution in [0.5, 0.6) is 0 Å². The van der Waals surface area contributed by atoms with Crippen LogP contribution in [0, 0.1) is 5.92 Å². The van der Waals surface area contributed by atoms with Crippen molar-refractivity contribution < 1.29 is 4.79 Å². The quantitative estimate of drug-likeness (QED) is 0.662. The van der Waals surface area contributed by atoms with Crippen LogP contribution in [0.15, 0.2) is 65.8 Å². The number of carbonyl (C=O) groups is 1. The molecule has 0 spiro atoms. The van der Waals surface area contributed by atoms with E-state index in [9.17, 15) is 4.79 Å². The Kier molecular flexibility index (Phi) is 4.10. The van der Waals surface area contributed by atoms with E-state index in [0.717, 1.165) is 12.8 Å². The van der Waals surface area contributed by atoms with Crippen LogP contribution in [0.25, 0.3) is 0 Å². The molecule has 1 fully saturated rings. The summed E-state index contributed by atoms with van der Waals surface area (Å²) in [6, 6.07) is 20.2. The molecule has 0 aromatic heterocycles. The fraction of sp³-hybridized carbons (Fsp3) is 0.222. The Morgan fingerprint density at radius 1 is 1.10 bits per heavy atom. The molecule has 0 saturated heterocycles. The fourth-order valence-electron chi connectivity index (χ4n) is 2.51. The molecule has 106 valence electrons. The number of nitrogens with zero attached hydrogens (tertiary/aromatic N) is 1. The van der Waals surface area contributed by atoms with E-state index < -0.39 is 0 Å². The highest BCUT2D eigenvalue weighted by atomic mass is 16.2. The Morgan fingerprint density at radius 2 is 1.76 bits per heavy atom. The van der Waals surface area contributed by atoms with Gasteiger partial charge in [-0.05, 0) is 23.5 Å². The molecule has 21 heavy (non-hydrogen) atoms. The van der Waals surface area contributed by atoms with Gasteiger partial charge in [-0.15, -0.1) is 0 Å². The van der Waals surface area contributed by atoms with Crippen LogP contribution >= 0.6 is 0 Å². The van der Waals surface area contributed by atoms with Crippen molar-refractivity contribution in [1.29, 1.82) is 0 Å². The third-order valence-corrected chi connectivity index (χ3v) is 3.79. The molecule has 2 atom stereocenters. The van der Waals surface area contributed by atoms with Gasteiger partial charge in [0.1, 0.15) is 0 Å². The number of hydrazone groups is 1. The largest absolute Gasteiger partial charge is 0.273 e. The van der Waals surface area contributed by atoms with E-state index in [1.165, 1.54) is 11.1 Å². The van der Waals surface area contributed by atoms with Gasteiger partial charge in [0, 0.05) is 18.6 Å². The molecule has 1 aliphatic carbocycles. The summed E-state index contributed by atoms with van der Waals surface area (Å²) in [4.78, 5) is 12.0. The monoisotopic (exact) mass is 278 g/mol. The third-order valence-electron chi connectivity index (χ3n) is 3.79. The van der Waals surface area contributed by atoms with E-state index in [0.29, 0.717) is 5.92 Å². The standard InChI is InChI=1S/C18H18N2O/c21-18(17-13-16(17)15-9-5-2-6-10-15)20-19-12-11-14-7-3-1-4-8-14/h1-10,12,16-17H,11,13H2,(H,20,21). The zero-order valence-corrected chi connectivity index (χ0v) is 11.8. The second-order valence-corrected chi connectivity index (χ2v) is 5.34. The normalized spacial score (nSPS) is 20.4. The van der Waals surface area contributed by atoms with Gasteiger partial charge >= 0.3 is 0 Å². The van der Waals surface area contributed by atoms with Crippen molar-refractivity contribution in [3.8, 4) is 0 Å².